The molecule has 0 aliphatic heterocycles. The zero-order valence-electron chi connectivity index (χ0n) is 21.0. The van der Waals surface area contributed by atoms with E-state index in [0.29, 0.717) is 28.6 Å². The summed E-state index contributed by atoms with van der Waals surface area (Å²) in [4.78, 5) is 27.8. The minimum atomic E-state index is -3.81. The molecule has 0 saturated heterocycles. The smallest absolute Gasteiger partial charge is 0.244 e. The Hall–Kier alpha value is -2.78. The van der Waals surface area contributed by atoms with Crippen LogP contribution in [0.5, 0.6) is 5.75 Å². The number of hydrogen-bond acceptors (Lipinski definition) is 5. The maximum absolute atomic E-state index is 13.5. The number of benzene rings is 2. The van der Waals surface area contributed by atoms with Gasteiger partial charge in [0.1, 0.15) is 18.3 Å². The number of halogens is 1. The Morgan fingerprint density at radius 2 is 1.69 bits per heavy atom. The van der Waals surface area contributed by atoms with Gasteiger partial charge in [0.05, 0.1) is 18.6 Å². The summed E-state index contributed by atoms with van der Waals surface area (Å²) in [5.74, 6) is -0.311. The lowest BCUT2D eigenvalue weighted by Crippen LogP contribution is -2.54. The van der Waals surface area contributed by atoms with Crippen LogP contribution in [0.4, 0.5) is 5.69 Å². The predicted octanol–water partition coefficient (Wildman–Crippen LogP) is 3.84. The van der Waals surface area contributed by atoms with Gasteiger partial charge in [0.25, 0.3) is 0 Å². The van der Waals surface area contributed by atoms with Crippen molar-refractivity contribution in [1.29, 1.82) is 0 Å². The fourth-order valence-corrected chi connectivity index (χ4v) is 4.40. The fraction of sp³-hybridized carbons (Fsp3) is 0.440. The Balaban J connectivity index is 2.40. The highest BCUT2D eigenvalue weighted by molar-refractivity contribution is 7.92. The molecule has 10 heteroatoms. The molecule has 0 heterocycles. The lowest BCUT2D eigenvalue weighted by Gasteiger charge is -2.33. The molecule has 0 unspecified atom stereocenters. The Labute approximate surface area is 213 Å². The van der Waals surface area contributed by atoms with E-state index in [1.54, 1.807) is 55.5 Å². The number of carbonyl (C=O) groups is 2. The third kappa shape index (κ3) is 8.43. The summed E-state index contributed by atoms with van der Waals surface area (Å²) in [6.45, 7) is 9.01. The molecule has 0 aliphatic rings. The summed E-state index contributed by atoms with van der Waals surface area (Å²) < 4.78 is 31.7. The van der Waals surface area contributed by atoms with Gasteiger partial charge in [0.15, 0.2) is 0 Å². The first-order chi connectivity index (χ1) is 16.2. The molecule has 2 aromatic rings. The molecule has 2 aromatic carbocycles. The largest absolute Gasteiger partial charge is 0.494 e. The summed E-state index contributed by atoms with van der Waals surface area (Å²) in [6.07, 6.45) is 1.03. The molecule has 0 radical (unpaired) electrons. The van der Waals surface area contributed by atoms with Gasteiger partial charge in [-0.1, -0.05) is 29.8 Å². The highest BCUT2D eigenvalue weighted by Gasteiger charge is 2.31. The maximum atomic E-state index is 13.5. The number of hydrogen-bond donors (Lipinski definition) is 1. The van der Waals surface area contributed by atoms with Crippen molar-refractivity contribution in [3.63, 3.8) is 0 Å². The fourth-order valence-electron chi connectivity index (χ4n) is 3.36. The Kier molecular flexibility index (Phi) is 9.57. The number of ether oxygens (including phenoxy) is 1. The third-order valence-electron chi connectivity index (χ3n) is 5.08. The summed E-state index contributed by atoms with van der Waals surface area (Å²) in [6, 6.07) is 12.6. The second-order valence-corrected chi connectivity index (χ2v) is 11.5. The maximum Gasteiger partial charge on any atom is 0.244 e. The summed E-state index contributed by atoms with van der Waals surface area (Å²) in [5.41, 5.74) is 0.449. The van der Waals surface area contributed by atoms with E-state index >= 15 is 0 Å². The van der Waals surface area contributed by atoms with E-state index in [1.165, 1.54) is 4.90 Å². The van der Waals surface area contributed by atoms with Crippen molar-refractivity contribution in [2.75, 3.05) is 23.7 Å². The molecular formula is C25H34ClN3O5S. The van der Waals surface area contributed by atoms with Gasteiger partial charge >= 0.3 is 0 Å². The molecule has 8 nitrogen and oxygen atoms in total. The van der Waals surface area contributed by atoms with Gasteiger partial charge in [-0.25, -0.2) is 8.42 Å². The van der Waals surface area contributed by atoms with Gasteiger partial charge in [0.2, 0.25) is 21.8 Å². The van der Waals surface area contributed by atoms with Crippen LogP contribution in [-0.2, 0) is 26.2 Å². The molecule has 1 N–H and O–H groups in total. The monoisotopic (exact) mass is 523 g/mol. The molecule has 0 aromatic heterocycles. The first-order valence-electron chi connectivity index (χ1n) is 11.3. The van der Waals surface area contributed by atoms with E-state index in [1.807, 2.05) is 27.7 Å². The first-order valence-corrected chi connectivity index (χ1v) is 13.5. The Morgan fingerprint density at radius 1 is 1.09 bits per heavy atom. The van der Waals surface area contributed by atoms with Crippen LogP contribution in [0, 0.1) is 0 Å². The van der Waals surface area contributed by atoms with Crippen LogP contribution in [0.1, 0.15) is 40.2 Å². The van der Waals surface area contributed by atoms with Crippen molar-refractivity contribution in [2.24, 2.45) is 0 Å². The SMILES string of the molecule is CCOc1ccc(N(CC(=O)N(Cc2ccccc2Cl)[C@@H](C)C(=O)NC(C)(C)C)S(C)(=O)=O)cc1. The molecular weight excluding hydrogens is 490 g/mol. The minimum absolute atomic E-state index is 0.0398. The number of amides is 2. The van der Waals surface area contributed by atoms with Crippen LogP contribution in [0.15, 0.2) is 48.5 Å². The van der Waals surface area contributed by atoms with Gasteiger partial charge < -0.3 is 15.0 Å². The van der Waals surface area contributed by atoms with E-state index in [9.17, 15) is 18.0 Å². The molecule has 1 atom stereocenters. The van der Waals surface area contributed by atoms with Crippen molar-refractivity contribution in [1.82, 2.24) is 10.2 Å². The van der Waals surface area contributed by atoms with Crippen LogP contribution < -0.4 is 14.4 Å². The van der Waals surface area contributed by atoms with Crippen molar-refractivity contribution >= 4 is 39.1 Å². The van der Waals surface area contributed by atoms with Crippen LogP contribution in [0.3, 0.4) is 0 Å². The average molecular weight is 524 g/mol. The molecule has 0 saturated carbocycles. The first kappa shape index (κ1) is 28.5. The highest BCUT2D eigenvalue weighted by Crippen LogP contribution is 2.23. The second kappa shape index (κ2) is 11.8. The van der Waals surface area contributed by atoms with Gasteiger partial charge in [0, 0.05) is 17.1 Å². The number of rotatable bonds is 10. The molecule has 2 rings (SSSR count). The van der Waals surface area contributed by atoms with Crippen molar-refractivity contribution in [3.05, 3.63) is 59.1 Å². The van der Waals surface area contributed by atoms with E-state index in [4.69, 9.17) is 16.3 Å². The van der Waals surface area contributed by atoms with Gasteiger partial charge in [-0.3, -0.25) is 13.9 Å². The van der Waals surface area contributed by atoms with Crippen LogP contribution >= 0.6 is 11.6 Å². The minimum Gasteiger partial charge on any atom is -0.494 e. The summed E-state index contributed by atoms with van der Waals surface area (Å²) in [5, 5.41) is 3.32. The zero-order chi connectivity index (χ0) is 26.4. The number of nitrogens with zero attached hydrogens (tertiary/aromatic N) is 2. The van der Waals surface area contributed by atoms with Gasteiger partial charge in [-0.05, 0) is 70.5 Å². The molecule has 35 heavy (non-hydrogen) atoms. The zero-order valence-corrected chi connectivity index (χ0v) is 22.6. The van der Waals surface area contributed by atoms with Crippen LogP contribution in [0.25, 0.3) is 0 Å². The van der Waals surface area contributed by atoms with Gasteiger partial charge in [-0.2, -0.15) is 0 Å². The molecule has 0 bridgehead atoms. The van der Waals surface area contributed by atoms with Crippen molar-refractivity contribution in [2.45, 2.75) is 52.7 Å². The molecule has 2 amide bonds. The number of anilines is 1. The summed E-state index contributed by atoms with van der Waals surface area (Å²) in [7, 11) is -3.81. The third-order valence-corrected chi connectivity index (χ3v) is 6.59. The van der Waals surface area contributed by atoms with E-state index in [0.717, 1.165) is 10.6 Å². The summed E-state index contributed by atoms with van der Waals surface area (Å²) >= 11 is 6.32. The quantitative estimate of drug-likeness (QED) is 0.510. The lowest BCUT2D eigenvalue weighted by molar-refractivity contribution is -0.140. The van der Waals surface area contributed by atoms with Crippen molar-refractivity contribution < 1.29 is 22.7 Å². The van der Waals surface area contributed by atoms with Crippen LogP contribution in [0.2, 0.25) is 5.02 Å². The molecule has 192 valence electrons. The normalized spacial score (nSPS) is 12.5. The average Bonchev–Trinajstić information content (AvgIpc) is 2.75. The number of sulfonamides is 1. The van der Waals surface area contributed by atoms with E-state index in [2.05, 4.69) is 5.32 Å². The molecule has 0 fully saturated rings. The molecule has 0 aliphatic carbocycles. The standard InChI is InChI=1S/C25H34ClN3O5S/c1-7-34-21-14-12-20(13-15-21)29(35(6,32)33)17-23(30)28(16-19-10-8-9-11-22(19)26)18(2)24(31)27-25(3,4)5/h8-15,18H,7,16-17H2,1-6H3,(H,27,31)/t18-/m0/s1. The topological polar surface area (TPSA) is 96.0 Å². The second-order valence-electron chi connectivity index (χ2n) is 9.22. The van der Waals surface area contributed by atoms with E-state index < -0.39 is 34.1 Å². The van der Waals surface area contributed by atoms with Crippen molar-refractivity contribution in [3.8, 4) is 5.75 Å². The number of nitrogens with one attached hydrogen (secondary N) is 1. The Bertz CT molecular complexity index is 1130. The predicted molar refractivity (Wildman–Crippen MR) is 139 cm³/mol. The lowest BCUT2D eigenvalue weighted by atomic mass is 10.1. The van der Waals surface area contributed by atoms with E-state index in [-0.39, 0.29) is 12.5 Å². The van der Waals surface area contributed by atoms with Crippen LogP contribution in [-0.4, -0.2) is 56.1 Å². The Morgan fingerprint density at radius 3 is 2.20 bits per heavy atom. The highest BCUT2D eigenvalue weighted by atomic mass is 35.5. The number of carbonyl (C=O) groups excluding carboxylic acids is 2. The van der Waals surface area contributed by atoms with Gasteiger partial charge in [-0.15, -0.1) is 0 Å². The molecule has 0 spiro atoms.